The van der Waals surface area contributed by atoms with Crippen LogP contribution in [0.15, 0.2) is 29.4 Å². The van der Waals surface area contributed by atoms with E-state index in [9.17, 15) is 4.79 Å². The number of carbonyl (C=O) groups excluding carboxylic acids is 1. The minimum Gasteiger partial charge on any atom is -0.497 e. The van der Waals surface area contributed by atoms with Crippen molar-refractivity contribution in [3.05, 3.63) is 24.3 Å². The van der Waals surface area contributed by atoms with Gasteiger partial charge in [-0.2, -0.15) is 0 Å². The summed E-state index contributed by atoms with van der Waals surface area (Å²) in [5.41, 5.74) is 1.03. The molecule has 6 nitrogen and oxygen atoms in total. The van der Waals surface area contributed by atoms with Crippen molar-refractivity contribution < 1.29 is 9.53 Å². The first kappa shape index (κ1) is 21.2. The molecule has 2 saturated carbocycles. The van der Waals surface area contributed by atoms with E-state index in [1.807, 2.05) is 24.3 Å². The summed E-state index contributed by atoms with van der Waals surface area (Å²) in [5.74, 6) is 3.38. The molecule has 2 aliphatic rings. The minimum atomic E-state index is 0.0802. The van der Waals surface area contributed by atoms with Gasteiger partial charge in [-0.1, -0.05) is 31.5 Å². The molecule has 4 rings (SSSR count). The highest BCUT2D eigenvalue weighted by Gasteiger charge is 2.30. The first-order chi connectivity index (χ1) is 14.6. The molecule has 2 aromatic rings. The molecule has 0 unspecified atom stereocenters. The third kappa shape index (κ3) is 4.82. The van der Waals surface area contributed by atoms with Crippen LogP contribution in [0.3, 0.4) is 0 Å². The van der Waals surface area contributed by atoms with E-state index in [1.165, 1.54) is 43.9 Å². The number of amides is 1. The third-order valence-electron chi connectivity index (χ3n) is 6.46. The zero-order valence-corrected chi connectivity index (χ0v) is 19.0. The molecule has 1 aromatic heterocycles. The quantitative estimate of drug-likeness (QED) is 0.617. The van der Waals surface area contributed by atoms with Crippen LogP contribution >= 0.6 is 11.8 Å². The Kier molecular flexibility index (Phi) is 6.66. The molecule has 0 spiro atoms. The van der Waals surface area contributed by atoms with E-state index in [4.69, 9.17) is 4.74 Å². The van der Waals surface area contributed by atoms with Crippen molar-refractivity contribution in [2.24, 2.45) is 11.8 Å². The van der Waals surface area contributed by atoms with Crippen molar-refractivity contribution in [1.29, 1.82) is 0 Å². The molecule has 1 N–H and O–H groups in total. The number of hydrogen-bond acceptors (Lipinski definition) is 5. The van der Waals surface area contributed by atoms with Crippen molar-refractivity contribution in [2.45, 2.75) is 69.6 Å². The monoisotopic (exact) mass is 428 g/mol. The predicted molar refractivity (Wildman–Crippen MR) is 120 cm³/mol. The highest BCUT2D eigenvalue weighted by Crippen LogP contribution is 2.39. The summed E-state index contributed by atoms with van der Waals surface area (Å²) in [6, 6.07) is 8.61. The lowest BCUT2D eigenvalue weighted by molar-refractivity contribution is -0.119. The third-order valence-corrected chi connectivity index (χ3v) is 7.40. The van der Waals surface area contributed by atoms with Crippen LogP contribution in [-0.4, -0.2) is 39.6 Å². The summed E-state index contributed by atoms with van der Waals surface area (Å²) in [7, 11) is 1.67. The maximum atomic E-state index is 12.5. The summed E-state index contributed by atoms with van der Waals surface area (Å²) >= 11 is 1.50. The number of ether oxygens (including phenoxy) is 1. The van der Waals surface area contributed by atoms with Gasteiger partial charge in [0.05, 0.1) is 12.9 Å². The number of rotatable bonds is 8. The van der Waals surface area contributed by atoms with E-state index >= 15 is 0 Å². The molecule has 162 valence electrons. The van der Waals surface area contributed by atoms with Crippen LogP contribution < -0.4 is 10.1 Å². The Bertz CT molecular complexity index is 863. The second-order valence-electron chi connectivity index (χ2n) is 8.72. The van der Waals surface area contributed by atoms with Crippen molar-refractivity contribution in [3.8, 4) is 17.1 Å². The lowest BCUT2D eigenvalue weighted by Gasteiger charge is -2.31. The molecule has 1 heterocycles. The van der Waals surface area contributed by atoms with Gasteiger partial charge in [0.15, 0.2) is 11.0 Å². The normalized spacial score (nSPS) is 22.5. The molecule has 7 heteroatoms. The lowest BCUT2D eigenvalue weighted by atomic mass is 9.85. The molecule has 0 saturated heterocycles. The van der Waals surface area contributed by atoms with Gasteiger partial charge < -0.3 is 10.1 Å². The standard InChI is InChI=1S/C23H32N4O2S/c1-15-6-4-5-7-20(15)27-22(18-10-12-19(29-3)13-11-18)25-26-23(27)30-14-21(28)24-16(2)17-8-9-17/h10-13,15-17,20H,4-9,14H2,1-3H3,(H,24,28)/t15-,16-,20+/m0/s1. The molecule has 1 aromatic carbocycles. The first-order valence-corrected chi connectivity index (χ1v) is 12.1. The number of nitrogens with zero attached hydrogens (tertiary/aromatic N) is 3. The average molecular weight is 429 g/mol. The molecular weight excluding hydrogens is 396 g/mol. The predicted octanol–water partition coefficient (Wildman–Crippen LogP) is 4.71. The maximum absolute atomic E-state index is 12.5. The minimum absolute atomic E-state index is 0.0802. The highest BCUT2D eigenvalue weighted by molar-refractivity contribution is 7.99. The van der Waals surface area contributed by atoms with Crippen molar-refractivity contribution in [3.63, 3.8) is 0 Å². The fourth-order valence-electron chi connectivity index (χ4n) is 4.43. The number of thioether (sulfide) groups is 1. The van der Waals surface area contributed by atoms with Crippen LogP contribution in [0.5, 0.6) is 5.75 Å². The molecule has 0 aliphatic heterocycles. The van der Waals surface area contributed by atoms with E-state index in [0.717, 1.165) is 28.7 Å². The summed E-state index contributed by atoms with van der Waals surface area (Å²) < 4.78 is 7.59. The Balaban J connectivity index is 1.55. The van der Waals surface area contributed by atoms with Gasteiger partial charge in [0, 0.05) is 17.6 Å². The topological polar surface area (TPSA) is 69.0 Å². The summed E-state index contributed by atoms with van der Waals surface area (Å²) in [5, 5.41) is 13.0. The van der Waals surface area contributed by atoms with Gasteiger partial charge >= 0.3 is 0 Å². The SMILES string of the molecule is COc1ccc(-c2nnc(SCC(=O)N[C@@H](C)C3CC3)n2[C@@H]2CCCC[C@@H]2C)cc1. The van der Waals surface area contributed by atoms with Crippen LogP contribution in [-0.2, 0) is 4.79 Å². The number of aromatic nitrogens is 3. The lowest BCUT2D eigenvalue weighted by Crippen LogP contribution is -2.35. The molecular formula is C23H32N4O2S. The largest absolute Gasteiger partial charge is 0.497 e. The van der Waals surface area contributed by atoms with Crippen LogP contribution in [0.2, 0.25) is 0 Å². The number of carbonyl (C=O) groups is 1. The van der Waals surface area contributed by atoms with E-state index in [2.05, 4.69) is 33.9 Å². The Morgan fingerprint density at radius 1 is 1.20 bits per heavy atom. The van der Waals surface area contributed by atoms with Crippen LogP contribution in [0, 0.1) is 11.8 Å². The fraction of sp³-hybridized carbons (Fsp3) is 0.609. The van der Waals surface area contributed by atoms with Crippen molar-refractivity contribution in [2.75, 3.05) is 12.9 Å². The van der Waals surface area contributed by atoms with Crippen LogP contribution in [0.25, 0.3) is 11.4 Å². The zero-order valence-electron chi connectivity index (χ0n) is 18.1. The molecule has 30 heavy (non-hydrogen) atoms. The van der Waals surface area contributed by atoms with Gasteiger partial charge in [0.1, 0.15) is 5.75 Å². The van der Waals surface area contributed by atoms with Crippen LogP contribution in [0.4, 0.5) is 0 Å². The van der Waals surface area contributed by atoms with Gasteiger partial charge in [-0.15, -0.1) is 10.2 Å². The first-order valence-electron chi connectivity index (χ1n) is 11.1. The zero-order chi connectivity index (χ0) is 21.1. The Morgan fingerprint density at radius 2 is 1.93 bits per heavy atom. The van der Waals surface area contributed by atoms with Crippen LogP contribution in [0.1, 0.15) is 58.4 Å². The summed E-state index contributed by atoms with van der Waals surface area (Å²) in [6.45, 7) is 4.42. The number of benzene rings is 1. The fourth-order valence-corrected chi connectivity index (χ4v) is 5.23. The Hall–Kier alpha value is -2.02. The highest BCUT2D eigenvalue weighted by atomic mass is 32.2. The number of methoxy groups -OCH3 is 1. The maximum Gasteiger partial charge on any atom is 0.230 e. The number of hydrogen-bond donors (Lipinski definition) is 1. The second-order valence-corrected chi connectivity index (χ2v) is 9.66. The average Bonchev–Trinajstić information content (AvgIpc) is 3.53. The molecule has 2 aliphatic carbocycles. The van der Waals surface area contributed by atoms with Crippen molar-refractivity contribution >= 4 is 17.7 Å². The molecule has 0 radical (unpaired) electrons. The Morgan fingerprint density at radius 3 is 2.60 bits per heavy atom. The smallest absolute Gasteiger partial charge is 0.230 e. The molecule has 3 atom stereocenters. The van der Waals surface area contributed by atoms with E-state index in [0.29, 0.717) is 23.6 Å². The van der Waals surface area contributed by atoms with Gasteiger partial charge in [0.2, 0.25) is 5.91 Å². The van der Waals surface area contributed by atoms with Crippen molar-refractivity contribution in [1.82, 2.24) is 20.1 Å². The van der Waals surface area contributed by atoms with Gasteiger partial charge in [0.25, 0.3) is 0 Å². The van der Waals surface area contributed by atoms with E-state index in [-0.39, 0.29) is 11.9 Å². The number of nitrogens with one attached hydrogen (secondary N) is 1. The van der Waals surface area contributed by atoms with E-state index in [1.54, 1.807) is 7.11 Å². The second kappa shape index (κ2) is 9.41. The Labute approximate surface area is 183 Å². The van der Waals surface area contributed by atoms with Gasteiger partial charge in [-0.05, 0) is 68.7 Å². The molecule has 1 amide bonds. The molecule has 2 fully saturated rings. The van der Waals surface area contributed by atoms with Gasteiger partial charge in [-0.25, -0.2) is 0 Å². The molecule has 0 bridgehead atoms. The van der Waals surface area contributed by atoms with E-state index < -0.39 is 0 Å². The van der Waals surface area contributed by atoms with Gasteiger partial charge in [-0.3, -0.25) is 9.36 Å². The summed E-state index contributed by atoms with van der Waals surface area (Å²) in [4.78, 5) is 12.5. The summed E-state index contributed by atoms with van der Waals surface area (Å²) in [6.07, 6.45) is 7.30.